The first-order valence-electron chi connectivity index (χ1n) is 9.27. The number of nitrogens with one attached hydrogen (secondary N) is 1. The molecule has 1 unspecified atom stereocenters. The third-order valence-corrected chi connectivity index (χ3v) is 4.95. The summed E-state index contributed by atoms with van der Waals surface area (Å²) in [5.74, 6) is -0.257. The molecule has 138 valence electrons. The number of amides is 2. The van der Waals surface area contributed by atoms with Gasteiger partial charge in [-0.3, -0.25) is 9.59 Å². The Balaban J connectivity index is 1.55. The number of carbonyl (C=O) groups is 2. The van der Waals surface area contributed by atoms with Crippen molar-refractivity contribution in [1.82, 2.24) is 19.6 Å². The highest BCUT2D eigenvalue weighted by Crippen LogP contribution is 2.13. The molecule has 1 aliphatic rings. The van der Waals surface area contributed by atoms with Crippen LogP contribution in [0.15, 0.2) is 61.1 Å². The van der Waals surface area contributed by atoms with Crippen molar-refractivity contribution in [2.24, 2.45) is 0 Å². The molecule has 2 amide bonds. The Labute approximate surface area is 157 Å². The summed E-state index contributed by atoms with van der Waals surface area (Å²) in [5.41, 5.74) is 2.31. The first-order chi connectivity index (χ1) is 13.2. The van der Waals surface area contributed by atoms with Crippen LogP contribution in [0.25, 0.3) is 5.65 Å². The average molecular weight is 362 g/mol. The fourth-order valence-electron chi connectivity index (χ4n) is 3.50. The monoisotopic (exact) mass is 362 g/mol. The lowest BCUT2D eigenvalue weighted by atomic mass is 10.0. The SMILES string of the molecule is O=C(NC(Cc1ccccc1)C(=O)N1CCCC1)c1ccc2nccn2c1. The smallest absolute Gasteiger partial charge is 0.253 e. The molecule has 4 rings (SSSR count). The van der Waals surface area contributed by atoms with Gasteiger partial charge in [0.15, 0.2) is 0 Å². The van der Waals surface area contributed by atoms with Crippen molar-refractivity contribution in [2.45, 2.75) is 25.3 Å². The molecule has 27 heavy (non-hydrogen) atoms. The Morgan fingerprint density at radius 3 is 2.63 bits per heavy atom. The van der Waals surface area contributed by atoms with Gasteiger partial charge in [-0.05, 0) is 30.5 Å². The Kier molecular flexibility index (Phi) is 4.87. The van der Waals surface area contributed by atoms with Gasteiger partial charge >= 0.3 is 0 Å². The Hall–Kier alpha value is -3.15. The number of hydrogen-bond acceptors (Lipinski definition) is 3. The molecular weight excluding hydrogens is 340 g/mol. The van der Waals surface area contributed by atoms with Crippen LogP contribution in [-0.2, 0) is 11.2 Å². The molecule has 1 aliphatic heterocycles. The maximum atomic E-state index is 13.0. The third kappa shape index (κ3) is 3.84. The zero-order valence-corrected chi connectivity index (χ0v) is 15.0. The first-order valence-corrected chi connectivity index (χ1v) is 9.27. The van der Waals surface area contributed by atoms with E-state index in [1.165, 1.54) is 0 Å². The maximum Gasteiger partial charge on any atom is 0.253 e. The van der Waals surface area contributed by atoms with Gasteiger partial charge in [-0.15, -0.1) is 0 Å². The fraction of sp³-hybridized carbons (Fsp3) is 0.286. The van der Waals surface area contributed by atoms with E-state index in [2.05, 4.69) is 10.3 Å². The van der Waals surface area contributed by atoms with Gasteiger partial charge in [-0.2, -0.15) is 0 Å². The van der Waals surface area contributed by atoms with Gasteiger partial charge in [0.2, 0.25) is 5.91 Å². The summed E-state index contributed by atoms with van der Waals surface area (Å²) in [5, 5.41) is 2.95. The molecule has 1 atom stereocenters. The molecule has 1 N–H and O–H groups in total. The lowest BCUT2D eigenvalue weighted by Gasteiger charge is -2.24. The highest BCUT2D eigenvalue weighted by Gasteiger charge is 2.28. The van der Waals surface area contributed by atoms with Gasteiger partial charge < -0.3 is 14.6 Å². The molecule has 3 heterocycles. The standard InChI is InChI=1S/C21H22N4O2/c26-20(17-8-9-19-22-10-13-25(19)15-17)23-18(14-16-6-2-1-3-7-16)21(27)24-11-4-5-12-24/h1-3,6-10,13,15,18H,4-5,11-12,14H2,(H,23,26). The zero-order chi connectivity index (χ0) is 18.6. The molecule has 6 heteroatoms. The second-order valence-corrected chi connectivity index (χ2v) is 6.86. The van der Waals surface area contributed by atoms with Crippen LogP contribution >= 0.6 is 0 Å². The van der Waals surface area contributed by atoms with Crippen molar-refractivity contribution in [3.8, 4) is 0 Å². The van der Waals surface area contributed by atoms with E-state index in [9.17, 15) is 9.59 Å². The van der Waals surface area contributed by atoms with Gasteiger partial charge in [0.25, 0.3) is 5.91 Å². The predicted octanol–water partition coefficient (Wildman–Crippen LogP) is 2.30. The average Bonchev–Trinajstić information content (AvgIpc) is 3.38. The number of rotatable bonds is 5. The quantitative estimate of drug-likeness (QED) is 0.757. The predicted molar refractivity (Wildman–Crippen MR) is 102 cm³/mol. The minimum atomic E-state index is -0.573. The Bertz CT molecular complexity index is 945. The minimum absolute atomic E-state index is 0.00610. The Morgan fingerprint density at radius 1 is 1.07 bits per heavy atom. The number of nitrogens with zero attached hydrogens (tertiary/aromatic N) is 3. The van der Waals surface area contributed by atoms with E-state index in [-0.39, 0.29) is 11.8 Å². The number of likely N-dealkylation sites (tertiary alicyclic amines) is 1. The number of fused-ring (bicyclic) bond motifs is 1. The summed E-state index contributed by atoms with van der Waals surface area (Å²) in [4.78, 5) is 31.8. The van der Waals surface area contributed by atoms with Gasteiger partial charge in [0.1, 0.15) is 11.7 Å². The molecule has 1 saturated heterocycles. The van der Waals surface area contributed by atoms with Crippen LogP contribution < -0.4 is 5.32 Å². The first kappa shape index (κ1) is 17.3. The summed E-state index contributed by atoms with van der Waals surface area (Å²) in [6.07, 6.45) is 7.74. The number of imidazole rings is 1. The third-order valence-electron chi connectivity index (χ3n) is 4.95. The van der Waals surface area contributed by atoms with E-state index >= 15 is 0 Å². The Morgan fingerprint density at radius 2 is 1.85 bits per heavy atom. The van der Waals surface area contributed by atoms with Crippen LogP contribution in [0, 0.1) is 0 Å². The van der Waals surface area contributed by atoms with Crippen molar-refractivity contribution in [3.63, 3.8) is 0 Å². The van der Waals surface area contributed by atoms with Gasteiger partial charge in [-0.1, -0.05) is 30.3 Å². The summed E-state index contributed by atoms with van der Waals surface area (Å²) in [7, 11) is 0. The second-order valence-electron chi connectivity index (χ2n) is 6.86. The number of hydrogen-bond donors (Lipinski definition) is 1. The van der Waals surface area contributed by atoms with E-state index in [1.54, 1.807) is 35.1 Å². The molecular formula is C21H22N4O2. The molecule has 6 nitrogen and oxygen atoms in total. The molecule has 2 aromatic heterocycles. The normalized spacial score (nSPS) is 15.0. The highest BCUT2D eigenvalue weighted by atomic mass is 16.2. The lowest BCUT2D eigenvalue weighted by molar-refractivity contribution is -0.132. The van der Waals surface area contributed by atoms with Crippen LogP contribution in [0.1, 0.15) is 28.8 Å². The van der Waals surface area contributed by atoms with Crippen molar-refractivity contribution < 1.29 is 9.59 Å². The van der Waals surface area contributed by atoms with Crippen LogP contribution in [0.2, 0.25) is 0 Å². The molecule has 0 radical (unpaired) electrons. The molecule has 0 saturated carbocycles. The van der Waals surface area contributed by atoms with E-state index < -0.39 is 6.04 Å². The van der Waals surface area contributed by atoms with E-state index in [1.807, 2.05) is 35.2 Å². The van der Waals surface area contributed by atoms with Crippen LogP contribution in [-0.4, -0.2) is 45.2 Å². The lowest BCUT2D eigenvalue weighted by Crippen LogP contribution is -2.49. The molecule has 1 fully saturated rings. The fourth-order valence-corrected chi connectivity index (χ4v) is 3.50. The summed E-state index contributed by atoms with van der Waals surface area (Å²) in [6, 6.07) is 12.8. The minimum Gasteiger partial charge on any atom is -0.341 e. The maximum absolute atomic E-state index is 13.0. The van der Waals surface area contributed by atoms with Gasteiger partial charge in [0, 0.05) is 38.1 Å². The van der Waals surface area contributed by atoms with E-state index in [4.69, 9.17) is 0 Å². The zero-order valence-electron chi connectivity index (χ0n) is 15.0. The summed E-state index contributed by atoms with van der Waals surface area (Å²) >= 11 is 0. The van der Waals surface area contributed by atoms with Gasteiger partial charge in [0.05, 0.1) is 5.56 Å². The number of pyridine rings is 1. The largest absolute Gasteiger partial charge is 0.341 e. The van der Waals surface area contributed by atoms with E-state index in [0.29, 0.717) is 12.0 Å². The summed E-state index contributed by atoms with van der Waals surface area (Å²) < 4.78 is 1.80. The van der Waals surface area contributed by atoms with Crippen LogP contribution in [0.3, 0.4) is 0 Å². The molecule has 0 bridgehead atoms. The highest BCUT2D eigenvalue weighted by molar-refractivity contribution is 5.97. The van der Waals surface area contributed by atoms with Crippen molar-refractivity contribution in [1.29, 1.82) is 0 Å². The van der Waals surface area contributed by atoms with Gasteiger partial charge in [-0.25, -0.2) is 4.98 Å². The van der Waals surface area contributed by atoms with Crippen molar-refractivity contribution >= 4 is 17.5 Å². The van der Waals surface area contributed by atoms with Crippen molar-refractivity contribution in [3.05, 3.63) is 72.2 Å². The number of aromatic nitrogens is 2. The number of carbonyl (C=O) groups excluding carboxylic acids is 2. The van der Waals surface area contributed by atoms with Crippen LogP contribution in [0.4, 0.5) is 0 Å². The summed E-state index contributed by atoms with van der Waals surface area (Å²) in [6.45, 7) is 1.53. The molecule has 1 aromatic carbocycles. The van der Waals surface area contributed by atoms with E-state index in [0.717, 1.165) is 37.1 Å². The molecule has 3 aromatic rings. The number of benzene rings is 1. The molecule has 0 spiro atoms. The molecule has 0 aliphatic carbocycles. The van der Waals surface area contributed by atoms with Crippen molar-refractivity contribution in [2.75, 3.05) is 13.1 Å². The topological polar surface area (TPSA) is 66.7 Å². The second kappa shape index (κ2) is 7.61. The van der Waals surface area contributed by atoms with Crippen LogP contribution in [0.5, 0.6) is 0 Å².